The maximum atomic E-state index is 13.0. The number of amides is 4. The van der Waals surface area contributed by atoms with E-state index in [1.54, 1.807) is 93.6 Å². The fraction of sp³-hybridized carbons (Fsp3) is 0.200. The highest BCUT2D eigenvalue weighted by molar-refractivity contribution is 7.93. The third-order valence-corrected chi connectivity index (χ3v) is 15.6. The largest absolute Gasteiger partial charge is 0.506 e. The van der Waals surface area contributed by atoms with Gasteiger partial charge >= 0.3 is 0 Å². The third-order valence-electron chi connectivity index (χ3n) is 10.6. The molecule has 0 aliphatic carbocycles. The molecule has 0 bridgehead atoms. The average molecular weight is 1000 g/mol. The van der Waals surface area contributed by atoms with Crippen LogP contribution in [0.25, 0.3) is 0 Å². The van der Waals surface area contributed by atoms with E-state index in [2.05, 4.69) is 21.3 Å². The molecule has 0 heterocycles. The Labute approximate surface area is 405 Å². The van der Waals surface area contributed by atoms with Crippen molar-refractivity contribution in [2.75, 3.05) is 21.3 Å². The number of hydrogen-bond donors (Lipinski definition) is 6. The zero-order valence-corrected chi connectivity index (χ0v) is 41.0. The summed E-state index contributed by atoms with van der Waals surface area (Å²) >= 11 is 12.5. The molecule has 0 fully saturated rings. The molecule has 68 heavy (non-hydrogen) atoms. The molecular weight excluding hydrogens is 952 g/mol. The Hall–Kier alpha value is -6.72. The van der Waals surface area contributed by atoms with E-state index in [1.807, 2.05) is 20.8 Å². The molecule has 6 aromatic rings. The quantitative estimate of drug-likeness (QED) is 0.0566. The number of hydrogen-bond acceptors (Lipinski definition) is 10. The molecule has 0 spiro atoms. The van der Waals surface area contributed by atoms with Crippen LogP contribution in [0.4, 0.5) is 22.7 Å². The molecule has 0 aliphatic rings. The van der Waals surface area contributed by atoms with Crippen molar-refractivity contribution in [3.05, 3.63) is 165 Å². The fourth-order valence-corrected chi connectivity index (χ4v) is 10.5. The first-order valence-corrected chi connectivity index (χ1v) is 24.9. The Kier molecular flexibility index (Phi) is 17.2. The maximum absolute atomic E-state index is 13.0. The lowest BCUT2D eigenvalue weighted by atomic mass is 10.1. The van der Waals surface area contributed by atoms with E-state index >= 15 is 0 Å². The van der Waals surface area contributed by atoms with Gasteiger partial charge in [-0.25, -0.2) is 16.8 Å². The van der Waals surface area contributed by atoms with Gasteiger partial charge in [0.05, 0.1) is 42.6 Å². The van der Waals surface area contributed by atoms with Crippen LogP contribution in [-0.4, -0.2) is 61.2 Å². The maximum Gasteiger partial charge on any atom is 0.255 e. The molecule has 2 unspecified atom stereocenters. The topological polar surface area (TPSA) is 225 Å². The lowest BCUT2D eigenvalue weighted by Gasteiger charge is -2.18. The van der Waals surface area contributed by atoms with Gasteiger partial charge in [-0.1, -0.05) is 102 Å². The van der Waals surface area contributed by atoms with Gasteiger partial charge in [-0.3, -0.25) is 19.2 Å². The van der Waals surface area contributed by atoms with Gasteiger partial charge in [0.15, 0.2) is 19.7 Å². The number of benzene rings is 6. The number of carbonyl (C=O) groups excluding carboxylic acids is 4. The van der Waals surface area contributed by atoms with Crippen molar-refractivity contribution in [2.24, 2.45) is 0 Å². The number of rotatable bonds is 14. The summed E-state index contributed by atoms with van der Waals surface area (Å²) in [6.07, 6.45) is 0.0761. The minimum absolute atomic E-state index is 0.0212. The fourth-order valence-electron chi connectivity index (χ4n) is 6.68. The predicted molar refractivity (Wildman–Crippen MR) is 267 cm³/mol. The van der Waals surface area contributed by atoms with Gasteiger partial charge in [-0.15, -0.1) is 0 Å². The molecule has 0 aromatic heterocycles. The van der Waals surface area contributed by atoms with Gasteiger partial charge in [0, 0.05) is 23.3 Å². The number of anilines is 4. The van der Waals surface area contributed by atoms with Gasteiger partial charge in [0.1, 0.15) is 22.0 Å². The predicted octanol–water partition coefficient (Wildman–Crippen LogP) is 10.2. The number of phenolic OH excluding ortho intramolecular Hbond substituents is 2. The van der Waals surface area contributed by atoms with E-state index in [0.29, 0.717) is 11.1 Å². The summed E-state index contributed by atoms with van der Waals surface area (Å²) in [7, 11) is -7.89. The highest BCUT2D eigenvalue weighted by Crippen LogP contribution is 2.36. The first-order chi connectivity index (χ1) is 32.0. The number of aryl methyl sites for hydroxylation is 4. The van der Waals surface area contributed by atoms with Crippen LogP contribution in [0.15, 0.2) is 131 Å². The Morgan fingerprint density at radius 3 is 1.21 bits per heavy atom. The van der Waals surface area contributed by atoms with Crippen LogP contribution < -0.4 is 21.3 Å². The van der Waals surface area contributed by atoms with Crippen LogP contribution in [0.1, 0.15) is 69.7 Å². The summed E-state index contributed by atoms with van der Waals surface area (Å²) in [6, 6.07) is 31.2. The van der Waals surface area contributed by atoms with E-state index in [9.17, 15) is 46.2 Å². The van der Waals surface area contributed by atoms with Crippen molar-refractivity contribution >= 4 is 89.3 Å². The van der Waals surface area contributed by atoms with Gasteiger partial charge in [-0.2, -0.15) is 0 Å². The molecule has 356 valence electrons. The number of aromatic hydroxyl groups is 2. The number of sulfone groups is 2. The molecule has 0 aliphatic heterocycles. The lowest BCUT2D eigenvalue weighted by Crippen LogP contribution is -2.34. The van der Waals surface area contributed by atoms with Crippen LogP contribution in [0.3, 0.4) is 0 Å². The lowest BCUT2D eigenvalue weighted by molar-refractivity contribution is -0.116. The van der Waals surface area contributed by atoms with Gasteiger partial charge in [0.25, 0.3) is 11.8 Å². The van der Waals surface area contributed by atoms with Crippen molar-refractivity contribution in [3.63, 3.8) is 0 Å². The Morgan fingerprint density at radius 2 is 0.838 bits per heavy atom. The first kappa shape index (κ1) is 52.3. The smallest absolute Gasteiger partial charge is 0.255 e. The van der Waals surface area contributed by atoms with Crippen LogP contribution in [0, 0.1) is 27.7 Å². The molecular formula is C50H50Cl2N4O10S2. The number of nitrogens with one attached hydrogen (secondary N) is 4. The zero-order chi connectivity index (χ0) is 50.1. The summed E-state index contributed by atoms with van der Waals surface area (Å²) in [5.41, 5.74) is 4.58. The molecule has 0 radical (unpaired) electrons. The average Bonchev–Trinajstić information content (AvgIpc) is 3.28. The second-order valence-electron chi connectivity index (χ2n) is 15.8. The molecule has 0 saturated heterocycles. The van der Waals surface area contributed by atoms with Crippen molar-refractivity contribution in [1.82, 2.24) is 0 Å². The Balaban J connectivity index is 0.000000254. The molecule has 6 N–H and O–H groups in total. The number of halogens is 2. The van der Waals surface area contributed by atoms with E-state index in [0.717, 1.165) is 34.4 Å². The first-order valence-electron chi connectivity index (χ1n) is 21.1. The molecule has 6 aromatic carbocycles. The minimum Gasteiger partial charge on any atom is -0.506 e. The Morgan fingerprint density at radius 1 is 0.471 bits per heavy atom. The van der Waals surface area contributed by atoms with Gasteiger partial charge < -0.3 is 31.5 Å². The van der Waals surface area contributed by atoms with Crippen molar-refractivity contribution in [2.45, 2.75) is 74.7 Å². The second-order valence-corrected chi connectivity index (χ2v) is 20.9. The number of carbonyl (C=O) groups is 4. The molecule has 14 nitrogen and oxygen atoms in total. The summed E-state index contributed by atoms with van der Waals surface area (Å²) in [5.74, 6) is -3.12. The standard InChI is InChI=1S/2C25H25ClN2O5S/c1-4-23(34(32,33)18-11-7-16(3)8-12-18)25(31)27-20-14-22(29)21(13-19(20)26)28-24(30)17-9-5-15(2)6-10-17;1-4-23(34(32,33)18-7-5-6-16(3)12-18)25(31)27-20-14-22(29)21(13-19(20)26)28-24(30)17-10-8-15(2)9-11-17/h2*5-14,23,29H,4H2,1-3H3,(H,27,31)(H,28,30). The molecule has 18 heteroatoms. The zero-order valence-electron chi connectivity index (χ0n) is 37.8. The van der Waals surface area contributed by atoms with Gasteiger partial charge in [0.2, 0.25) is 11.8 Å². The highest BCUT2D eigenvalue weighted by atomic mass is 35.5. The summed E-state index contributed by atoms with van der Waals surface area (Å²) in [6.45, 7) is 10.6. The minimum atomic E-state index is -3.95. The monoisotopic (exact) mass is 1000 g/mol. The van der Waals surface area contributed by atoms with Crippen molar-refractivity contribution < 1.29 is 46.2 Å². The summed E-state index contributed by atoms with van der Waals surface area (Å²) < 4.78 is 52.1. The normalized spacial score (nSPS) is 12.1. The van der Waals surface area contributed by atoms with Crippen LogP contribution in [0.5, 0.6) is 11.5 Å². The summed E-state index contributed by atoms with van der Waals surface area (Å²) in [5, 5.41) is 28.2. The SMILES string of the molecule is CCC(C(=O)Nc1cc(O)c(NC(=O)c2ccc(C)cc2)cc1Cl)S(=O)(=O)c1ccc(C)cc1.CCC(C(=O)Nc1cc(O)c(NC(=O)c2ccc(C)cc2)cc1Cl)S(=O)(=O)c1cccc(C)c1. The van der Waals surface area contributed by atoms with E-state index < -0.39 is 53.8 Å². The van der Waals surface area contributed by atoms with Crippen molar-refractivity contribution in [3.8, 4) is 11.5 Å². The van der Waals surface area contributed by atoms with Crippen molar-refractivity contribution in [1.29, 1.82) is 0 Å². The number of phenols is 2. The third kappa shape index (κ3) is 12.8. The van der Waals surface area contributed by atoms with E-state index in [1.165, 1.54) is 36.4 Å². The molecule has 4 amide bonds. The highest BCUT2D eigenvalue weighted by Gasteiger charge is 2.34. The second kappa shape index (κ2) is 22.4. The van der Waals surface area contributed by atoms with Crippen LogP contribution in [0.2, 0.25) is 10.0 Å². The van der Waals surface area contributed by atoms with E-state index in [4.69, 9.17) is 23.2 Å². The van der Waals surface area contributed by atoms with Gasteiger partial charge in [-0.05, 0) is 107 Å². The van der Waals surface area contributed by atoms with Crippen LogP contribution >= 0.6 is 23.2 Å². The molecule has 6 rings (SSSR count). The molecule has 0 saturated carbocycles. The van der Waals surface area contributed by atoms with E-state index in [-0.39, 0.29) is 66.9 Å². The van der Waals surface area contributed by atoms with Crippen LogP contribution in [-0.2, 0) is 29.3 Å². The molecule has 2 atom stereocenters. The summed E-state index contributed by atoms with van der Waals surface area (Å²) in [4.78, 5) is 50.7. The Bertz CT molecular complexity index is 3080.